The van der Waals surface area contributed by atoms with Crippen LogP contribution in [0.3, 0.4) is 0 Å². The van der Waals surface area contributed by atoms with Crippen LogP contribution in [-0.4, -0.2) is 98.8 Å². The van der Waals surface area contributed by atoms with Crippen molar-refractivity contribution >= 4 is 84.1 Å². The molecule has 4 aliphatic rings. The molecule has 0 radical (unpaired) electrons. The highest BCUT2D eigenvalue weighted by atomic mass is 79.9. The lowest BCUT2D eigenvalue weighted by Crippen LogP contribution is -2.62. The van der Waals surface area contributed by atoms with Crippen molar-refractivity contribution in [1.82, 2.24) is 25.1 Å². The first kappa shape index (κ1) is 41.0. The number of ether oxygens (including phenoxy) is 2. The summed E-state index contributed by atoms with van der Waals surface area (Å²) in [5, 5.41) is 4.71. The fourth-order valence-corrected chi connectivity index (χ4v) is 9.54. The van der Waals surface area contributed by atoms with Crippen LogP contribution in [0.2, 0.25) is 5.02 Å². The third kappa shape index (κ3) is 8.56. The van der Waals surface area contributed by atoms with Gasteiger partial charge in [-0.05, 0) is 118 Å². The van der Waals surface area contributed by atoms with Gasteiger partial charge in [-0.3, -0.25) is 9.80 Å². The van der Waals surface area contributed by atoms with Crippen LogP contribution in [0.4, 0.5) is 19.8 Å². The van der Waals surface area contributed by atoms with E-state index in [4.69, 9.17) is 26.1 Å². The van der Waals surface area contributed by atoms with E-state index >= 15 is 4.39 Å². The molecule has 4 bridgehead atoms. The van der Waals surface area contributed by atoms with Gasteiger partial charge in [0, 0.05) is 25.2 Å². The zero-order chi connectivity index (χ0) is 38.3. The maximum absolute atomic E-state index is 15.3. The second-order valence-electron chi connectivity index (χ2n) is 15.7. The number of halogens is 4. The molecule has 4 fully saturated rings. The molecule has 2 amide bonds. The van der Waals surface area contributed by atoms with E-state index in [1.165, 1.54) is 11.8 Å². The molecule has 0 aliphatic carbocycles. The Labute approximate surface area is 332 Å². The molecule has 6 atom stereocenters. The average Bonchev–Trinajstić information content (AvgIpc) is 3.58. The quantitative estimate of drug-likeness (QED) is 0.100. The zero-order valence-corrected chi connectivity index (χ0v) is 35.7. The van der Waals surface area contributed by atoms with Gasteiger partial charge in [-0.15, -0.1) is 13.2 Å². The summed E-state index contributed by atoms with van der Waals surface area (Å²) in [4.78, 5) is 40.7. The lowest BCUT2D eigenvalue weighted by atomic mass is 9.99. The summed E-state index contributed by atoms with van der Waals surface area (Å²) in [7, 11) is 0. The number of nitrogens with one attached hydrogen (secondary N) is 1. The van der Waals surface area contributed by atoms with Crippen LogP contribution in [0.15, 0.2) is 39.4 Å². The number of piperazine rings is 2. The third-order valence-electron chi connectivity index (χ3n) is 9.79. The summed E-state index contributed by atoms with van der Waals surface area (Å²) >= 11 is 14.6. The summed E-state index contributed by atoms with van der Waals surface area (Å²) in [6.07, 6.45) is 10.5. The minimum Gasteiger partial charge on any atom is -0.444 e. The predicted octanol–water partition coefficient (Wildman–Crippen LogP) is 9.50. The first-order chi connectivity index (χ1) is 24.4. The zero-order valence-electron chi connectivity index (χ0n) is 31.0. The molecule has 1 aromatic heterocycles. The Morgan fingerprint density at radius 2 is 1.52 bits per heavy atom. The minimum absolute atomic E-state index is 0.0433. The molecule has 4 saturated heterocycles. The second kappa shape index (κ2) is 16.3. The molecule has 52 heavy (non-hydrogen) atoms. The van der Waals surface area contributed by atoms with Gasteiger partial charge in [0.25, 0.3) is 0 Å². The van der Waals surface area contributed by atoms with Gasteiger partial charge < -0.3 is 19.7 Å². The lowest BCUT2D eigenvalue weighted by Gasteiger charge is -2.47. The molecule has 0 spiro atoms. The molecule has 5 heterocycles. The van der Waals surface area contributed by atoms with Gasteiger partial charge in [0.1, 0.15) is 22.5 Å². The minimum atomic E-state index is -0.579. The first-order valence-electron chi connectivity index (χ1n) is 17.7. The van der Waals surface area contributed by atoms with E-state index in [1.807, 2.05) is 69.8 Å². The van der Waals surface area contributed by atoms with E-state index in [1.54, 1.807) is 0 Å². The van der Waals surface area contributed by atoms with Crippen LogP contribution < -0.4 is 10.2 Å². The fraction of sp³-hybridized carbons (Fsp3) is 0.622. The van der Waals surface area contributed by atoms with Crippen molar-refractivity contribution < 1.29 is 23.5 Å². The molecule has 4 aliphatic heterocycles. The summed E-state index contributed by atoms with van der Waals surface area (Å²) in [6, 6.07) is 0.660. The maximum atomic E-state index is 15.3. The van der Waals surface area contributed by atoms with Gasteiger partial charge >= 0.3 is 12.2 Å². The van der Waals surface area contributed by atoms with E-state index in [9.17, 15) is 9.59 Å². The monoisotopic (exact) mass is 886 g/mol. The molecule has 10 nitrogen and oxygen atoms in total. The Balaban J connectivity index is 0.000000244. The average molecular weight is 889 g/mol. The van der Waals surface area contributed by atoms with Gasteiger partial charge in [-0.2, -0.15) is 0 Å². The van der Waals surface area contributed by atoms with E-state index in [0.29, 0.717) is 45.9 Å². The highest BCUT2D eigenvalue weighted by Crippen LogP contribution is 2.46. The largest absolute Gasteiger partial charge is 0.444 e. The Hall–Kier alpha value is -2.13. The number of thioether (sulfide) groups is 1. The Morgan fingerprint density at radius 3 is 2.10 bits per heavy atom. The Kier molecular flexibility index (Phi) is 12.9. The van der Waals surface area contributed by atoms with Gasteiger partial charge in [-0.1, -0.05) is 35.5 Å². The molecule has 1 aromatic carbocycles. The number of carbonyl (C=O) groups is 2. The van der Waals surface area contributed by atoms with Crippen molar-refractivity contribution in [3.8, 4) is 0 Å². The number of nitrogens with zero attached hydrogens (tertiary/aromatic N) is 5. The molecule has 2 aromatic rings. The molecular weight excluding hydrogens is 839 g/mol. The maximum Gasteiger partial charge on any atom is 0.410 e. The van der Waals surface area contributed by atoms with Crippen molar-refractivity contribution in [3.63, 3.8) is 0 Å². The van der Waals surface area contributed by atoms with Crippen LogP contribution in [0, 0.1) is 5.82 Å². The van der Waals surface area contributed by atoms with Crippen molar-refractivity contribution in [2.75, 3.05) is 24.2 Å². The normalized spacial score (nSPS) is 25.5. The van der Waals surface area contributed by atoms with Crippen molar-refractivity contribution in [1.29, 1.82) is 0 Å². The standard InChI is InChI=1S/C23H26Br2ClFN4O2S.C14H24N2O2/c1-6-7-12-13-9-8-11(31(13)22(32)33-23(2,3)4)10-30(12)20-14-15(24)17(26)16(25)18(27)19(14)28-21(29-20)34-5;1-5-6-11-12-8-7-10(9-15-11)16(12)13(17)18-14(2,3)4/h6,11-13H,1,7-10H2,2-5H3;5,10-12,15H,1,6-9H2,2-4H3/t11-,12-,13+;10-,11-,12+/m11/s1. The van der Waals surface area contributed by atoms with Crippen LogP contribution in [0.1, 0.15) is 80.1 Å². The summed E-state index contributed by atoms with van der Waals surface area (Å²) in [6.45, 7) is 20.5. The van der Waals surface area contributed by atoms with Crippen LogP contribution in [0.5, 0.6) is 0 Å². The fourth-order valence-electron chi connectivity index (χ4n) is 7.78. The second-order valence-corrected chi connectivity index (χ2v) is 18.4. The van der Waals surface area contributed by atoms with Crippen molar-refractivity contribution in [2.24, 2.45) is 0 Å². The number of anilines is 1. The van der Waals surface area contributed by atoms with Gasteiger partial charge in [0.05, 0.1) is 43.5 Å². The predicted molar refractivity (Wildman–Crippen MR) is 214 cm³/mol. The number of aromatic nitrogens is 2. The van der Waals surface area contributed by atoms with E-state index < -0.39 is 17.0 Å². The Morgan fingerprint density at radius 1 is 0.942 bits per heavy atom. The van der Waals surface area contributed by atoms with Gasteiger partial charge in [0.2, 0.25) is 0 Å². The smallest absolute Gasteiger partial charge is 0.410 e. The van der Waals surface area contributed by atoms with Crippen molar-refractivity contribution in [3.05, 3.63) is 45.1 Å². The van der Waals surface area contributed by atoms with Crippen LogP contribution in [0.25, 0.3) is 10.9 Å². The SMILES string of the molecule is C=CC[C@@H]1[C@@H]2CC[C@H](CN1c1nc(SC)nc3c(F)c(Br)c(Cl)c(Br)c13)N2C(=O)OC(C)(C)C.C=CC[C@H]1NC[C@H]2CC[C@@H]1N2C(=O)OC(C)(C)C. The number of rotatable bonds is 6. The molecular formula is C37H50Br2ClFN6O4S. The number of hydrogen-bond acceptors (Lipinski definition) is 9. The highest BCUT2D eigenvalue weighted by molar-refractivity contribution is 9.11. The number of carbonyl (C=O) groups excluding carboxylic acids is 2. The molecule has 286 valence electrons. The molecule has 6 rings (SSSR count). The molecule has 1 N–H and O–H groups in total. The molecule has 0 unspecified atom stereocenters. The van der Waals surface area contributed by atoms with Gasteiger partial charge in [0.15, 0.2) is 11.0 Å². The number of hydrogen-bond donors (Lipinski definition) is 1. The van der Waals surface area contributed by atoms with E-state index in [2.05, 4.69) is 60.2 Å². The van der Waals surface area contributed by atoms with Gasteiger partial charge in [-0.25, -0.2) is 23.9 Å². The first-order valence-corrected chi connectivity index (χ1v) is 20.9. The molecule has 15 heteroatoms. The highest BCUT2D eigenvalue weighted by Gasteiger charge is 2.50. The topological polar surface area (TPSA) is 100 Å². The van der Waals surface area contributed by atoms with E-state index in [-0.39, 0.29) is 51.4 Å². The number of fused-ring (bicyclic) bond motifs is 5. The summed E-state index contributed by atoms with van der Waals surface area (Å²) in [5.74, 6) is 0.0693. The Bertz CT molecular complexity index is 1710. The van der Waals surface area contributed by atoms with Crippen molar-refractivity contribution in [2.45, 2.75) is 133 Å². The lowest BCUT2D eigenvalue weighted by molar-refractivity contribution is 0.00409. The third-order valence-corrected chi connectivity index (χ3v) is 12.7. The van der Waals surface area contributed by atoms with Crippen LogP contribution in [-0.2, 0) is 9.47 Å². The van der Waals surface area contributed by atoms with Crippen LogP contribution >= 0.6 is 55.2 Å². The molecule has 0 saturated carbocycles. The van der Waals surface area contributed by atoms with E-state index in [0.717, 1.165) is 38.6 Å². The number of amides is 2. The summed E-state index contributed by atoms with van der Waals surface area (Å²) < 4.78 is 27.2. The number of benzene rings is 1. The summed E-state index contributed by atoms with van der Waals surface area (Å²) in [5.41, 5.74) is -0.809.